The van der Waals surface area contributed by atoms with Gasteiger partial charge < -0.3 is 0 Å². The summed E-state index contributed by atoms with van der Waals surface area (Å²) in [6, 6.07) is 4.03. The molecule has 1 aromatic heterocycles. The Morgan fingerprint density at radius 2 is 2.33 bits per heavy atom. The lowest BCUT2D eigenvalue weighted by Gasteiger charge is -2.28. The maximum absolute atomic E-state index is 12.0. The number of fused-ring (bicyclic) bond motifs is 1. The molecule has 3 nitrogen and oxygen atoms in total. The molecule has 1 saturated carbocycles. The van der Waals surface area contributed by atoms with Gasteiger partial charge in [0, 0.05) is 18.7 Å². The zero-order valence-corrected chi connectivity index (χ0v) is 8.65. The van der Waals surface area contributed by atoms with Gasteiger partial charge in [0.05, 0.1) is 0 Å². The third kappa shape index (κ3) is 1.52. The van der Waals surface area contributed by atoms with Gasteiger partial charge >= 0.3 is 0 Å². The third-order valence-corrected chi connectivity index (χ3v) is 3.14. The van der Waals surface area contributed by atoms with Crippen molar-refractivity contribution in [3.05, 3.63) is 23.9 Å². The van der Waals surface area contributed by atoms with Gasteiger partial charge in [-0.2, -0.15) is 0 Å². The SMILES string of the molecule is O=C(C1CC1)N1CCCc2cccnc21. The molecule has 1 aromatic rings. The molecule has 2 aliphatic rings. The van der Waals surface area contributed by atoms with Crippen LogP contribution >= 0.6 is 0 Å². The van der Waals surface area contributed by atoms with Crippen LogP contribution in [0.4, 0.5) is 5.82 Å². The molecule has 0 bridgehead atoms. The molecule has 1 fully saturated rings. The van der Waals surface area contributed by atoms with E-state index in [0.29, 0.717) is 0 Å². The topological polar surface area (TPSA) is 33.2 Å². The zero-order valence-electron chi connectivity index (χ0n) is 8.65. The lowest BCUT2D eigenvalue weighted by molar-refractivity contribution is -0.119. The van der Waals surface area contributed by atoms with Gasteiger partial charge in [0.2, 0.25) is 5.91 Å². The van der Waals surface area contributed by atoms with Gasteiger partial charge in [-0.3, -0.25) is 9.69 Å². The Balaban J connectivity index is 1.94. The summed E-state index contributed by atoms with van der Waals surface area (Å²) in [5.41, 5.74) is 1.22. The van der Waals surface area contributed by atoms with Crippen LogP contribution in [0.1, 0.15) is 24.8 Å². The molecule has 3 heteroatoms. The van der Waals surface area contributed by atoms with Crippen molar-refractivity contribution in [2.75, 3.05) is 11.4 Å². The minimum atomic E-state index is 0.287. The first-order chi connectivity index (χ1) is 7.36. The van der Waals surface area contributed by atoms with E-state index in [9.17, 15) is 4.79 Å². The number of aryl methyl sites for hydroxylation is 1. The van der Waals surface area contributed by atoms with Gasteiger partial charge in [-0.05, 0) is 37.3 Å². The van der Waals surface area contributed by atoms with Crippen LogP contribution in [0.15, 0.2) is 18.3 Å². The minimum Gasteiger partial charge on any atom is -0.296 e. The summed E-state index contributed by atoms with van der Waals surface area (Å²) in [7, 11) is 0. The molecule has 2 heterocycles. The first kappa shape index (κ1) is 8.89. The Hall–Kier alpha value is -1.38. The average Bonchev–Trinajstić information content (AvgIpc) is 3.11. The second-order valence-corrected chi connectivity index (χ2v) is 4.35. The van der Waals surface area contributed by atoms with E-state index in [-0.39, 0.29) is 11.8 Å². The number of carbonyl (C=O) groups excluding carboxylic acids is 1. The van der Waals surface area contributed by atoms with Gasteiger partial charge in [-0.1, -0.05) is 6.07 Å². The maximum atomic E-state index is 12.0. The van der Waals surface area contributed by atoms with E-state index in [0.717, 1.165) is 38.0 Å². The van der Waals surface area contributed by atoms with E-state index in [1.807, 2.05) is 11.0 Å². The lowest BCUT2D eigenvalue weighted by atomic mass is 10.1. The summed E-state index contributed by atoms with van der Waals surface area (Å²) in [5.74, 6) is 1.48. The number of aromatic nitrogens is 1. The molecule has 0 atom stereocenters. The number of hydrogen-bond donors (Lipinski definition) is 0. The number of anilines is 1. The van der Waals surface area contributed by atoms with E-state index in [4.69, 9.17) is 0 Å². The zero-order chi connectivity index (χ0) is 10.3. The Morgan fingerprint density at radius 1 is 1.47 bits per heavy atom. The van der Waals surface area contributed by atoms with Crippen molar-refractivity contribution in [1.29, 1.82) is 0 Å². The molecule has 78 valence electrons. The van der Waals surface area contributed by atoms with E-state index in [1.165, 1.54) is 5.56 Å². The minimum absolute atomic E-state index is 0.287. The summed E-state index contributed by atoms with van der Waals surface area (Å²) in [6.45, 7) is 0.847. The molecule has 0 spiro atoms. The predicted molar refractivity (Wildman–Crippen MR) is 57.6 cm³/mol. The van der Waals surface area contributed by atoms with Crippen molar-refractivity contribution in [1.82, 2.24) is 4.98 Å². The van der Waals surface area contributed by atoms with Gasteiger partial charge in [-0.25, -0.2) is 4.98 Å². The third-order valence-electron chi connectivity index (χ3n) is 3.14. The van der Waals surface area contributed by atoms with Crippen LogP contribution in [0.25, 0.3) is 0 Å². The monoisotopic (exact) mass is 202 g/mol. The molecule has 0 unspecified atom stereocenters. The summed E-state index contributed by atoms with van der Waals surface area (Å²) in [5, 5.41) is 0. The number of hydrogen-bond acceptors (Lipinski definition) is 2. The molecule has 1 aliphatic heterocycles. The lowest BCUT2D eigenvalue weighted by Crippen LogP contribution is -2.37. The second-order valence-electron chi connectivity index (χ2n) is 4.35. The van der Waals surface area contributed by atoms with Crippen LogP contribution in [0.5, 0.6) is 0 Å². The van der Waals surface area contributed by atoms with Crippen LogP contribution in [-0.4, -0.2) is 17.4 Å². The molecule has 0 radical (unpaired) electrons. The second kappa shape index (κ2) is 3.33. The molecule has 1 amide bonds. The van der Waals surface area contributed by atoms with Crippen LogP contribution in [0, 0.1) is 5.92 Å². The summed E-state index contributed by atoms with van der Waals surface area (Å²) in [4.78, 5) is 18.2. The molecule has 3 rings (SSSR count). The molecule has 1 aliphatic carbocycles. The molecular weight excluding hydrogens is 188 g/mol. The van der Waals surface area contributed by atoms with E-state index in [1.54, 1.807) is 6.20 Å². The molecule has 0 aromatic carbocycles. The summed E-state index contributed by atoms with van der Waals surface area (Å²) >= 11 is 0. The van der Waals surface area contributed by atoms with Gasteiger partial charge in [0.15, 0.2) is 0 Å². The van der Waals surface area contributed by atoms with Crippen LogP contribution in [0.3, 0.4) is 0 Å². The Labute approximate surface area is 89.1 Å². The highest BCUT2D eigenvalue weighted by atomic mass is 16.2. The number of nitrogens with zero attached hydrogens (tertiary/aromatic N) is 2. The Kier molecular flexibility index (Phi) is 1.97. The maximum Gasteiger partial charge on any atom is 0.231 e. The Morgan fingerprint density at radius 3 is 3.13 bits per heavy atom. The summed E-state index contributed by atoms with van der Waals surface area (Å²) in [6.07, 6.45) is 6.03. The average molecular weight is 202 g/mol. The highest BCUT2D eigenvalue weighted by Gasteiger charge is 2.35. The largest absolute Gasteiger partial charge is 0.296 e. The van der Waals surface area contributed by atoms with Crippen molar-refractivity contribution < 1.29 is 4.79 Å². The quantitative estimate of drug-likeness (QED) is 0.695. The predicted octanol–water partition coefficient (Wildman–Crippen LogP) is 1.77. The summed E-state index contributed by atoms with van der Waals surface area (Å²) < 4.78 is 0. The molecular formula is C12H14N2O. The smallest absolute Gasteiger partial charge is 0.231 e. The first-order valence-corrected chi connectivity index (χ1v) is 5.61. The van der Waals surface area contributed by atoms with Gasteiger partial charge in [0.1, 0.15) is 5.82 Å². The first-order valence-electron chi connectivity index (χ1n) is 5.61. The number of amides is 1. The van der Waals surface area contributed by atoms with Crippen molar-refractivity contribution in [3.8, 4) is 0 Å². The Bertz CT molecular complexity index is 398. The van der Waals surface area contributed by atoms with E-state index in [2.05, 4.69) is 11.1 Å². The van der Waals surface area contributed by atoms with Crippen LogP contribution < -0.4 is 4.90 Å². The molecule has 15 heavy (non-hydrogen) atoms. The van der Waals surface area contributed by atoms with E-state index >= 15 is 0 Å². The van der Waals surface area contributed by atoms with Crippen LogP contribution in [0.2, 0.25) is 0 Å². The highest BCUT2D eigenvalue weighted by Crippen LogP contribution is 2.34. The number of carbonyl (C=O) groups is 1. The fraction of sp³-hybridized carbons (Fsp3) is 0.500. The standard InChI is InChI=1S/C12H14N2O/c15-12(10-5-6-10)14-8-2-4-9-3-1-7-13-11(9)14/h1,3,7,10H,2,4-6,8H2. The van der Waals surface area contributed by atoms with Crippen molar-refractivity contribution in [3.63, 3.8) is 0 Å². The highest BCUT2D eigenvalue weighted by molar-refractivity contribution is 5.96. The molecule has 0 saturated heterocycles. The normalized spacial score (nSPS) is 19.9. The van der Waals surface area contributed by atoms with Crippen molar-refractivity contribution in [2.24, 2.45) is 5.92 Å². The molecule has 0 N–H and O–H groups in total. The number of pyridine rings is 1. The fourth-order valence-corrected chi connectivity index (χ4v) is 2.17. The van der Waals surface area contributed by atoms with Crippen molar-refractivity contribution >= 4 is 11.7 Å². The van der Waals surface area contributed by atoms with Gasteiger partial charge in [0.25, 0.3) is 0 Å². The van der Waals surface area contributed by atoms with E-state index < -0.39 is 0 Å². The van der Waals surface area contributed by atoms with Crippen molar-refractivity contribution in [2.45, 2.75) is 25.7 Å². The van der Waals surface area contributed by atoms with Crippen LogP contribution in [-0.2, 0) is 11.2 Å². The van der Waals surface area contributed by atoms with Gasteiger partial charge in [-0.15, -0.1) is 0 Å². The fourth-order valence-electron chi connectivity index (χ4n) is 2.17. The number of rotatable bonds is 1.